The molecule has 0 radical (unpaired) electrons. The van der Waals surface area contributed by atoms with Crippen molar-refractivity contribution in [3.8, 4) is 0 Å². The van der Waals surface area contributed by atoms with Crippen molar-refractivity contribution in [2.24, 2.45) is 0 Å². The van der Waals surface area contributed by atoms with Gasteiger partial charge < -0.3 is 14.7 Å². The van der Waals surface area contributed by atoms with Crippen molar-refractivity contribution in [2.75, 3.05) is 50.8 Å². The number of piperazine rings is 1. The molecular weight excluding hydrogens is 364 g/mol. The second-order valence-electron chi connectivity index (χ2n) is 5.83. The maximum atomic E-state index is 12.2. The van der Waals surface area contributed by atoms with Gasteiger partial charge in [0.05, 0.1) is 18.6 Å². The molecule has 7 nitrogen and oxygen atoms in total. The van der Waals surface area contributed by atoms with Gasteiger partial charge in [0.2, 0.25) is 5.28 Å². The van der Waals surface area contributed by atoms with Crippen LogP contribution < -0.4 is 4.90 Å². The zero-order valence-corrected chi connectivity index (χ0v) is 15.9. The van der Waals surface area contributed by atoms with Crippen LogP contribution in [-0.2, 0) is 4.74 Å². The van der Waals surface area contributed by atoms with Crippen molar-refractivity contribution in [2.45, 2.75) is 13.8 Å². The number of carbonyl (C=O) groups is 1. The minimum absolute atomic E-state index is 0.163. The van der Waals surface area contributed by atoms with Crippen LogP contribution in [0.3, 0.4) is 0 Å². The Morgan fingerprint density at radius 2 is 2.04 bits per heavy atom. The van der Waals surface area contributed by atoms with Crippen molar-refractivity contribution in [1.82, 2.24) is 14.9 Å². The van der Waals surface area contributed by atoms with Crippen LogP contribution in [0.1, 0.15) is 22.2 Å². The maximum absolute atomic E-state index is 12.2. The quantitative estimate of drug-likeness (QED) is 0.623. The third-order valence-corrected chi connectivity index (χ3v) is 5.63. The molecule has 0 amide bonds. The number of aryl methyl sites for hydroxylation is 1. The summed E-state index contributed by atoms with van der Waals surface area (Å²) in [5.74, 6) is 0.431. The van der Waals surface area contributed by atoms with Crippen molar-refractivity contribution in [3.05, 3.63) is 15.7 Å². The average Bonchev–Trinajstić information content (AvgIpc) is 2.92. The van der Waals surface area contributed by atoms with Crippen LogP contribution >= 0.6 is 22.9 Å². The molecule has 1 saturated heterocycles. The third kappa shape index (κ3) is 3.72. The summed E-state index contributed by atoms with van der Waals surface area (Å²) in [4.78, 5) is 26.5. The molecule has 3 heterocycles. The third-order valence-electron chi connectivity index (χ3n) is 4.29. The molecule has 0 atom stereocenters. The molecule has 25 heavy (non-hydrogen) atoms. The topological polar surface area (TPSA) is 78.8 Å². The predicted molar refractivity (Wildman–Crippen MR) is 98.9 cm³/mol. The normalized spacial score (nSPS) is 15.8. The highest BCUT2D eigenvalue weighted by Gasteiger charge is 2.25. The lowest BCUT2D eigenvalue weighted by molar-refractivity contribution is 0.0531. The van der Waals surface area contributed by atoms with E-state index in [1.165, 1.54) is 11.3 Å². The number of fused-ring (bicyclic) bond motifs is 1. The fourth-order valence-corrected chi connectivity index (χ4v) is 4.32. The van der Waals surface area contributed by atoms with Gasteiger partial charge in [-0.25, -0.2) is 9.78 Å². The maximum Gasteiger partial charge on any atom is 0.348 e. The number of ether oxygens (including phenoxy) is 1. The van der Waals surface area contributed by atoms with Crippen LogP contribution in [0, 0.1) is 6.92 Å². The molecule has 2 aromatic heterocycles. The summed E-state index contributed by atoms with van der Waals surface area (Å²) in [5.41, 5.74) is 0.836. The highest BCUT2D eigenvalue weighted by atomic mass is 35.5. The number of hydrogen-bond donors (Lipinski definition) is 1. The van der Waals surface area contributed by atoms with E-state index >= 15 is 0 Å². The van der Waals surface area contributed by atoms with Gasteiger partial charge in [-0.3, -0.25) is 4.90 Å². The highest BCUT2D eigenvalue weighted by Crippen LogP contribution is 2.36. The van der Waals surface area contributed by atoms with Crippen LogP contribution in [0.4, 0.5) is 5.82 Å². The van der Waals surface area contributed by atoms with Gasteiger partial charge in [-0.05, 0) is 31.0 Å². The summed E-state index contributed by atoms with van der Waals surface area (Å²) >= 11 is 7.41. The second kappa shape index (κ2) is 7.82. The lowest BCUT2D eigenvalue weighted by Gasteiger charge is -2.35. The fraction of sp³-hybridized carbons (Fsp3) is 0.562. The minimum atomic E-state index is -0.335. The van der Waals surface area contributed by atoms with Gasteiger partial charge in [-0.2, -0.15) is 4.98 Å². The summed E-state index contributed by atoms with van der Waals surface area (Å²) in [5, 5.41) is 10.1. The predicted octanol–water partition coefficient (Wildman–Crippen LogP) is 1.94. The minimum Gasteiger partial charge on any atom is -0.462 e. The van der Waals surface area contributed by atoms with Crippen molar-refractivity contribution < 1.29 is 14.6 Å². The zero-order chi connectivity index (χ0) is 18.0. The molecule has 0 spiro atoms. The Morgan fingerprint density at radius 1 is 1.32 bits per heavy atom. The smallest absolute Gasteiger partial charge is 0.348 e. The summed E-state index contributed by atoms with van der Waals surface area (Å²) in [6.45, 7) is 8.11. The van der Waals surface area contributed by atoms with Crippen molar-refractivity contribution in [3.63, 3.8) is 0 Å². The molecule has 9 heteroatoms. The largest absolute Gasteiger partial charge is 0.462 e. The van der Waals surface area contributed by atoms with E-state index in [4.69, 9.17) is 21.4 Å². The highest BCUT2D eigenvalue weighted by molar-refractivity contribution is 7.20. The SMILES string of the molecule is CCOC(=O)c1sc2nc(Cl)nc(N3CCN(CCO)CC3)c2c1C. The van der Waals surface area contributed by atoms with E-state index in [1.54, 1.807) is 6.92 Å². The van der Waals surface area contributed by atoms with Crippen molar-refractivity contribution in [1.29, 1.82) is 0 Å². The van der Waals surface area contributed by atoms with Gasteiger partial charge in [-0.15, -0.1) is 11.3 Å². The van der Waals surface area contributed by atoms with Gasteiger partial charge in [0, 0.05) is 32.7 Å². The first kappa shape index (κ1) is 18.3. The number of halogens is 1. The molecular formula is C16H21ClN4O3S. The molecule has 0 unspecified atom stereocenters. The Bertz CT molecular complexity index is 774. The Kier molecular flexibility index (Phi) is 5.73. The van der Waals surface area contributed by atoms with E-state index in [9.17, 15) is 4.79 Å². The fourth-order valence-electron chi connectivity index (χ4n) is 3.04. The summed E-state index contributed by atoms with van der Waals surface area (Å²) in [7, 11) is 0. The number of β-amino-alcohol motifs (C(OH)–C–C–N with tert-alkyl or cyclic N) is 1. The van der Waals surface area contributed by atoms with Crippen LogP contribution in [0.2, 0.25) is 5.28 Å². The van der Waals surface area contributed by atoms with Gasteiger partial charge >= 0.3 is 5.97 Å². The Labute approximate surface area is 155 Å². The van der Waals surface area contributed by atoms with Gasteiger partial charge in [0.15, 0.2) is 0 Å². The Hall–Kier alpha value is -1.48. The molecule has 0 aliphatic carbocycles. The van der Waals surface area contributed by atoms with Crippen LogP contribution in [0.25, 0.3) is 10.2 Å². The Morgan fingerprint density at radius 3 is 2.68 bits per heavy atom. The molecule has 1 aliphatic heterocycles. The van der Waals surface area contributed by atoms with E-state index < -0.39 is 0 Å². The number of aliphatic hydroxyl groups is 1. The monoisotopic (exact) mass is 384 g/mol. The molecule has 1 aliphatic rings. The number of rotatable bonds is 5. The Balaban J connectivity index is 1.96. The number of esters is 1. The number of anilines is 1. The van der Waals surface area contributed by atoms with Gasteiger partial charge in [0.1, 0.15) is 15.5 Å². The van der Waals surface area contributed by atoms with Crippen molar-refractivity contribution >= 4 is 44.9 Å². The van der Waals surface area contributed by atoms with Crippen LogP contribution in [-0.4, -0.2) is 71.9 Å². The van der Waals surface area contributed by atoms with Gasteiger partial charge in [-0.1, -0.05) is 0 Å². The summed E-state index contributed by atoms with van der Waals surface area (Å²) in [6, 6.07) is 0. The molecule has 0 saturated carbocycles. The lowest BCUT2D eigenvalue weighted by atomic mass is 10.2. The molecule has 0 bridgehead atoms. The molecule has 3 rings (SSSR count). The van der Waals surface area contributed by atoms with E-state index in [-0.39, 0.29) is 17.9 Å². The first-order chi connectivity index (χ1) is 12.0. The molecule has 2 aromatic rings. The second-order valence-corrected chi connectivity index (χ2v) is 7.16. The summed E-state index contributed by atoms with van der Waals surface area (Å²) in [6.07, 6.45) is 0. The number of nitrogens with zero attached hydrogens (tertiary/aromatic N) is 4. The molecule has 0 aromatic carbocycles. The average molecular weight is 385 g/mol. The van der Waals surface area contributed by atoms with E-state index in [0.717, 1.165) is 42.9 Å². The molecule has 1 N–H and O–H groups in total. The first-order valence-corrected chi connectivity index (χ1v) is 9.46. The van der Waals surface area contributed by atoms with E-state index in [1.807, 2.05) is 6.92 Å². The number of aliphatic hydroxyl groups excluding tert-OH is 1. The van der Waals surface area contributed by atoms with Crippen LogP contribution in [0.5, 0.6) is 0 Å². The zero-order valence-electron chi connectivity index (χ0n) is 14.3. The number of carbonyl (C=O) groups excluding carboxylic acids is 1. The van der Waals surface area contributed by atoms with Gasteiger partial charge in [0.25, 0.3) is 0 Å². The molecule has 1 fully saturated rings. The number of aromatic nitrogens is 2. The number of thiophene rings is 1. The molecule has 136 valence electrons. The lowest BCUT2D eigenvalue weighted by Crippen LogP contribution is -2.47. The standard InChI is InChI=1S/C16H21ClN4O3S/c1-3-24-15(23)12-10(2)11-13(18-16(17)19-14(11)25-12)21-6-4-20(5-7-21)8-9-22/h22H,3-9H2,1-2H3. The van der Waals surface area contributed by atoms with E-state index in [0.29, 0.717) is 22.9 Å². The number of hydrogen-bond acceptors (Lipinski definition) is 8. The van der Waals surface area contributed by atoms with Crippen LogP contribution in [0.15, 0.2) is 0 Å². The summed E-state index contributed by atoms with van der Waals surface area (Å²) < 4.78 is 5.14. The first-order valence-electron chi connectivity index (χ1n) is 8.27. The van der Waals surface area contributed by atoms with E-state index in [2.05, 4.69) is 19.8 Å².